The Morgan fingerprint density at radius 3 is 2.21 bits per heavy atom. The largest absolute Gasteiger partial charge is 0.386 e. The van der Waals surface area contributed by atoms with Crippen molar-refractivity contribution in [3.8, 4) is 12.1 Å². The van der Waals surface area contributed by atoms with Gasteiger partial charge in [0.15, 0.2) is 15.0 Å². The third kappa shape index (κ3) is 2.36. The van der Waals surface area contributed by atoms with Gasteiger partial charge in [0.05, 0.1) is 18.2 Å². The number of hydrogen-bond donors (Lipinski definition) is 2. The second-order valence-electron chi connectivity index (χ2n) is 6.96. The molecular weight excluding hydrogens is 386 g/mol. The highest BCUT2D eigenvalue weighted by atomic mass is 32.2. The monoisotopic (exact) mass is 411 g/mol. The maximum Gasteiger partial charge on any atom is 0.178 e. The van der Waals surface area contributed by atoms with Gasteiger partial charge in [0.1, 0.15) is 5.84 Å². The van der Waals surface area contributed by atoms with Crippen LogP contribution in [0.5, 0.6) is 0 Å². The molecule has 0 spiro atoms. The van der Waals surface area contributed by atoms with Crippen LogP contribution in [0.25, 0.3) is 0 Å². The molecule has 2 aliphatic rings. The van der Waals surface area contributed by atoms with Crippen LogP contribution in [0, 0.1) is 33.5 Å². The first-order chi connectivity index (χ1) is 13.4. The SMILES string of the molecule is CCSC1(SCC)N=C(N)[C@@]2(C#N)[C@H](c3ccccc3)NC(C)=C(C)[C@]12C#N. The Morgan fingerprint density at radius 1 is 1.11 bits per heavy atom. The van der Waals surface area contributed by atoms with E-state index in [0.29, 0.717) is 0 Å². The summed E-state index contributed by atoms with van der Waals surface area (Å²) < 4.78 is -0.856. The topological polar surface area (TPSA) is 98.0 Å². The molecule has 28 heavy (non-hydrogen) atoms. The summed E-state index contributed by atoms with van der Waals surface area (Å²) in [5, 5.41) is 24.8. The maximum atomic E-state index is 10.7. The molecule has 0 saturated carbocycles. The second-order valence-corrected chi connectivity index (χ2v) is 10.1. The Morgan fingerprint density at radius 2 is 1.71 bits per heavy atom. The first kappa shape index (κ1) is 20.6. The van der Waals surface area contributed by atoms with Crippen LogP contribution in [0.4, 0.5) is 0 Å². The lowest BCUT2D eigenvalue weighted by molar-refractivity contribution is 0.200. The predicted octanol–water partition coefficient (Wildman–Crippen LogP) is 4.18. The van der Waals surface area contributed by atoms with Crippen molar-refractivity contribution in [2.45, 2.75) is 37.9 Å². The number of aliphatic imine (C=N–C) groups is 1. The quantitative estimate of drug-likeness (QED) is 0.706. The van der Waals surface area contributed by atoms with E-state index < -0.39 is 21.1 Å². The summed E-state index contributed by atoms with van der Waals surface area (Å²) in [7, 11) is 0. The molecule has 3 rings (SSSR count). The molecule has 0 fully saturated rings. The van der Waals surface area contributed by atoms with Gasteiger partial charge in [0.25, 0.3) is 0 Å². The molecule has 2 heterocycles. The third-order valence-electron chi connectivity index (χ3n) is 5.81. The van der Waals surface area contributed by atoms with Gasteiger partial charge in [-0.3, -0.25) is 0 Å². The van der Waals surface area contributed by atoms with Crippen molar-refractivity contribution in [2.75, 3.05) is 11.5 Å². The summed E-state index contributed by atoms with van der Waals surface area (Å²) in [6.45, 7) is 8.01. The third-order valence-corrected chi connectivity index (χ3v) is 8.67. The molecule has 0 aromatic heterocycles. The standard InChI is InChI=1S/C21H25N5S2/c1-5-27-21(28-6-2)20(13-23)14(3)15(4)25-17(16-10-8-7-9-11-16)19(20,12-22)18(24)26-21/h7-11,17,25H,5-6H2,1-4H3,(H2,24,26)/t17-,19+,20-/m0/s1. The highest BCUT2D eigenvalue weighted by Gasteiger charge is 2.76. The lowest BCUT2D eigenvalue weighted by atomic mass is 9.55. The fourth-order valence-corrected chi connectivity index (χ4v) is 7.83. The van der Waals surface area contributed by atoms with Crippen molar-refractivity contribution in [2.24, 2.45) is 21.6 Å². The summed E-state index contributed by atoms with van der Waals surface area (Å²) in [6, 6.07) is 14.4. The predicted molar refractivity (Wildman–Crippen MR) is 117 cm³/mol. The van der Waals surface area contributed by atoms with Crippen molar-refractivity contribution >= 4 is 29.4 Å². The average Bonchev–Trinajstić information content (AvgIpc) is 2.91. The first-order valence-corrected chi connectivity index (χ1v) is 11.3. The van der Waals surface area contributed by atoms with E-state index >= 15 is 0 Å². The number of amidine groups is 1. The van der Waals surface area contributed by atoms with Gasteiger partial charge < -0.3 is 11.1 Å². The zero-order chi connectivity index (χ0) is 20.6. The molecule has 1 aromatic carbocycles. The summed E-state index contributed by atoms with van der Waals surface area (Å²) in [6.07, 6.45) is 0. The normalized spacial score (nSPS) is 30.6. The average molecular weight is 412 g/mol. The Bertz CT molecular complexity index is 905. The number of nitrogens with one attached hydrogen (secondary N) is 1. The number of nitrogens with two attached hydrogens (primary N) is 1. The highest BCUT2D eigenvalue weighted by molar-refractivity contribution is 8.18. The van der Waals surface area contributed by atoms with Gasteiger partial charge in [-0.2, -0.15) is 10.5 Å². The fourth-order valence-electron chi connectivity index (χ4n) is 4.52. The molecule has 0 amide bonds. The minimum atomic E-state index is -1.29. The zero-order valence-electron chi connectivity index (χ0n) is 16.6. The molecule has 0 bridgehead atoms. The van der Waals surface area contributed by atoms with Crippen LogP contribution >= 0.6 is 23.5 Å². The molecule has 5 nitrogen and oxygen atoms in total. The number of fused-ring (bicyclic) bond motifs is 1. The number of allylic oxidation sites excluding steroid dienone is 1. The molecule has 1 aromatic rings. The second kappa shape index (κ2) is 7.39. The van der Waals surface area contributed by atoms with Crippen LogP contribution in [0.3, 0.4) is 0 Å². The van der Waals surface area contributed by atoms with Gasteiger partial charge >= 0.3 is 0 Å². The van der Waals surface area contributed by atoms with Gasteiger partial charge in [0.2, 0.25) is 0 Å². The zero-order valence-corrected chi connectivity index (χ0v) is 18.2. The number of rotatable bonds is 5. The minimum absolute atomic E-state index is 0.242. The summed E-state index contributed by atoms with van der Waals surface area (Å²) >= 11 is 3.20. The lowest BCUT2D eigenvalue weighted by Gasteiger charge is -2.52. The van der Waals surface area contributed by atoms with Crippen molar-refractivity contribution < 1.29 is 0 Å². The van der Waals surface area contributed by atoms with Crippen LogP contribution in [0.1, 0.15) is 39.3 Å². The van der Waals surface area contributed by atoms with Crippen molar-refractivity contribution in [3.63, 3.8) is 0 Å². The van der Waals surface area contributed by atoms with Crippen molar-refractivity contribution in [1.82, 2.24) is 5.32 Å². The van der Waals surface area contributed by atoms with E-state index in [1.165, 1.54) is 0 Å². The number of thioether (sulfide) groups is 2. The molecule has 0 unspecified atom stereocenters. The molecule has 0 saturated heterocycles. The van der Waals surface area contributed by atoms with E-state index in [1.807, 2.05) is 58.0 Å². The van der Waals surface area contributed by atoms with E-state index in [9.17, 15) is 10.5 Å². The van der Waals surface area contributed by atoms with Crippen LogP contribution in [-0.4, -0.2) is 21.5 Å². The van der Waals surface area contributed by atoms with E-state index in [-0.39, 0.29) is 5.84 Å². The van der Waals surface area contributed by atoms with Crippen LogP contribution < -0.4 is 11.1 Å². The molecule has 146 valence electrons. The molecular formula is C21H25N5S2. The molecule has 3 N–H and O–H groups in total. The number of hydrogen-bond acceptors (Lipinski definition) is 7. The van der Waals surface area contributed by atoms with Gasteiger partial charge in [0, 0.05) is 5.70 Å². The summed E-state index contributed by atoms with van der Waals surface area (Å²) in [4.78, 5) is 4.89. The van der Waals surface area contributed by atoms with Crippen LogP contribution in [0.2, 0.25) is 0 Å². The molecule has 0 radical (unpaired) electrons. The van der Waals surface area contributed by atoms with Crippen LogP contribution in [0.15, 0.2) is 46.6 Å². The molecule has 2 aliphatic heterocycles. The van der Waals surface area contributed by atoms with Gasteiger partial charge in [-0.15, -0.1) is 23.5 Å². The Balaban J connectivity index is 2.42. The maximum absolute atomic E-state index is 10.7. The minimum Gasteiger partial charge on any atom is -0.386 e. The summed E-state index contributed by atoms with van der Waals surface area (Å²) in [5.41, 5.74) is 6.76. The van der Waals surface area contributed by atoms with E-state index in [2.05, 4.69) is 17.5 Å². The number of benzene rings is 1. The van der Waals surface area contributed by atoms with Crippen molar-refractivity contribution in [3.05, 3.63) is 47.2 Å². The number of nitriles is 2. The van der Waals surface area contributed by atoms with Gasteiger partial charge in [-0.05, 0) is 36.5 Å². The molecule has 3 atom stereocenters. The van der Waals surface area contributed by atoms with Crippen molar-refractivity contribution in [1.29, 1.82) is 10.5 Å². The highest BCUT2D eigenvalue weighted by Crippen LogP contribution is 2.71. The van der Waals surface area contributed by atoms with Gasteiger partial charge in [-0.25, -0.2) is 4.99 Å². The lowest BCUT2D eigenvalue weighted by Crippen LogP contribution is -2.61. The Kier molecular flexibility index (Phi) is 5.44. The van der Waals surface area contributed by atoms with E-state index in [0.717, 1.165) is 28.3 Å². The number of nitrogens with zero attached hydrogens (tertiary/aromatic N) is 3. The van der Waals surface area contributed by atoms with Gasteiger partial charge in [-0.1, -0.05) is 44.2 Å². The van der Waals surface area contributed by atoms with E-state index in [1.54, 1.807) is 23.5 Å². The van der Waals surface area contributed by atoms with Crippen LogP contribution in [-0.2, 0) is 0 Å². The van der Waals surface area contributed by atoms with E-state index in [4.69, 9.17) is 10.7 Å². The Hall–Kier alpha value is -2.09. The molecule has 7 heteroatoms. The Labute approximate surface area is 175 Å². The molecule has 0 aliphatic carbocycles. The smallest absolute Gasteiger partial charge is 0.178 e. The fraction of sp³-hybridized carbons (Fsp3) is 0.476. The summed E-state index contributed by atoms with van der Waals surface area (Å²) in [5.74, 6) is 1.78. The first-order valence-electron chi connectivity index (χ1n) is 9.36.